The number of aromatic nitrogens is 15. The molecule has 2 N–H and O–H groups in total. The Kier molecular flexibility index (Phi) is 49.2. The third-order valence-electron chi connectivity index (χ3n) is 8.47. The van der Waals surface area contributed by atoms with Crippen molar-refractivity contribution in [2.24, 2.45) is 25.5 Å². The van der Waals surface area contributed by atoms with E-state index in [0.717, 1.165) is 27.8 Å². The fourth-order valence-electron chi connectivity index (χ4n) is 4.99. The second-order valence-corrected chi connectivity index (χ2v) is 19.1. The number of isothiocyanates is 4. The first-order chi connectivity index (χ1) is 41.9. The summed E-state index contributed by atoms with van der Waals surface area (Å²) in [5.74, 6) is 0. The maximum atomic E-state index is 7.13. The Morgan fingerprint density at radius 3 is 0.533 bits per heavy atom. The van der Waals surface area contributed by atoms with Crippen LogP contribution in [0.5, 0.6) is 0 Å². The van der Waals surface area contributed by atoms with Crippen molar-refractivity contribution in [2.75, 3.05) is 0 Å². The molecule has 0 amide bonds. The average Bonchev–Trinajstić information content (AvgIpc) is 4.45. The topological polar surface area (TPSA) is 336 Å². The zero-order valence-corrected chi connectivity index (χ0v) is 57.2. The van der Waals surface area contributed by atoms with E-state index in [4.69, 9.17) is 138 Å². The van der Waals surface area contributed by atoms with Crippen molar-refractivity contribution < 1.29 is 39.6 Å². The van der Waals surface area contributed by atoms with E-state index in [2.05, 4.69) is 125 Å². The van der Waals surface area contributed by atoms with Crippen molar-refractivity contribution >= 4 is 217 Å². The van der Waals surface area contributed by atoms with E-state index < -0.39 is 0 Å². The normalized spacial score (nSPS) is 9.58. The molecule has 0 fully saturated rings. The SMILES string of the molecule is Clc1ccc(Cl)c(/C=N/n2cnnc2)c1.Clc1ccc(Cl)c(/C=N/n2cnnc2)c1.Clc1ccc(Cl)c(/C=N/n2cnnc2)c1.Clc1ccc(Cl)c(/C=N/n2cnnc2)c1.Clc1ccc(Cl)c(/C=N/n2cnnc2)c1.O.[Fe+2].[Fe+2].[N-]=C=S.[N-]=C=S.[N-]=C=S.[N-]=C=S. The molecule has 0 radical (unpaired) electrons. The van der Waals surface area contributed by atoms with Crippen molar-refractivity contribution in [3.8, 4) is 0 Å². The largest absolute Gasteiger partial charge is 2.00 e. The molecule has 10 aromatic rings. The van der Waals surface area contributed by atoms with Crippen LogP contribution in [0.4, 0.5) is 0 Å². The van der Waals surface area contributed by atoms with Crippen LogP contribution in [0.15, 0.2) is 180 Å². The molecular formula is C49H32Cl10Fe2N24OS4. The van der Waals surface area contributed by atoms with Crippen LogP contribution in [0.25, 0.3) is 21.6 Å². The molecule has 5 heterocycles. The summed E-state index contributed by atoms with van der Waals surface area (Å²) < 4.78 is 7.35. The summed E-state index contributed by atoms with van der Waals surface area (Å²) in [7, 11) is 0. The van der Waals surface area contributed by atoms with Gasteiger partial charge < -0.3 is 27.1 Å². The van der Waals surface area contributed by atoms with E-state index in [0.29, 0.717) is 50.2 Å². The van der Waals surface area contributed by atoms with E-state index in [1.807, 2.05) is 0 Å². The van der Waals surface area contributed by atoms with Gasteiger partial charge in [0, 0.05) is 78.0 Å². The van der Waals surface area contributed by atoms with Gasteiger partial charge in [0.05, 0.1) is 31.1 Å². The van der Waals surface area contributed by atoms with Gasteiger partial charge in [-0.1, -0.05) is 165 Å². The number of thiocarbonyl (C=S) groups is 4. The van der Waals surface area contributed by atoms with Crippen LogP contribution in [-0.4, -0.2) is 132 Å². The zero-order chi connectivity index (χ0) is 64.2. The summed E-state index contributed by atoms with van der Waals surface area (Å²) in [4.78, 5) is 0. The third kappa shape index (κ3) is 37.4. The van der Waals surface area contributed by atoms with Crippen molar-refractivity contribution in [3.63, 3.8) is 0 Å². The summed E-state index contributed by atoms with van der Waals surface area (Å²) in [6, 6.07) is 25.9. The molecule has 0 saturated heterocycles. The Balaban J connectivity index is 0. The van der Waals surface area contributed by atoms with Crippen molar-refractivity contribution in [3.05, 3.63) is 254 Å². The Morgan fingerprint density at radius 1 is 0.289 bits per heavy atom. The minimum absolute atomic E-state index is 0. The maximum absolute atomic E-state index is 7.13. The zero-order valence-electron chi connectivity index (χ0n) is 44.2. The molecule has 0 saturated carbocycles. The number of nitrogens with zero attached hydrogens (tertiary/aromatic N) is 24. The minimum atomic E-state index is 0. The number of rotatable bonds is 10. The summed E-state index contributed by atoms with van der Waals surface area (Å²) in [6.45, 7) is 0. The quantitative estimate of drug-likeness (QED) is 0.0698. The molecular weight excluding hydrogens is 1540 g/mol. The van der Waals surface area contributed by atoms with Gasteiger partial charge in [-0.2, -0.15) is 46.2 Å². The van der Waals surface area contributed by atoms with Crippen molar-refractivity contribution in [1.29, 1.82) is 0 Å². The molecule has 5 aromatic heterocycles. The first-order valence-corrected chi connectivity index (χ1v) is 27.6. The molecule has 0 unspecified atom stereocenters. The van der Waals surface area contributed by atoms with Crippen LogP contribution in [0.2, 0.25) is 50.2 Å². The van der Waals surface area contributed by atoms with Crippen LogP contribution >= 0.6 is 165 Å². The van der Waals surface area contributed by atoms with E-state index >= 15 is 0 Å². The van der Waals surface area contributed by atoms with E-state index in [1.54, 1.807) is 122 Å². The van der Waals surface area contributed by atoms with Gasteiger partial charge in [-0.15, -0.1) is 51.0 Å². The van der Waals surface area contributed by atoms with Crippen LogP contribution in [0.1, 0.15) is 27.8 Å². The van der Waals surface area contributed by atoms with Crippen LogP contribution < -0.4 is 0 Å². The monoisotopic (exact) mass is 1560 g/mol. The average molecular weight is 1570 g/mol. The molecule has 0 aliphatic carbocycles. The van der Waals surface area contributed by atoms with Crippen LogP contribution in [0.3, 0.4) is 0 Å². The summed E-state index contributed by atoms with van der Waals surface area (Å²) in [6.07, 6.45) is 22.8. The van der Waals surface area contributed by atoms with E-state index in [1.165, 1.54) is 107 Å². The molecule has 90 heavy (non-hydrogen) atoms. The summed E-state index contributed by atoms with van der Waals surface area (Å²) >= 11 is 73.7. The van der Waals surface area contributed by atoms with Gasteiger partial charge >= 0.3 is 34.1 Å². The van der Waals surface area contributed by atoms with Crippen LogP contribution in [0, 0.1) is 0 Å². The molecule has 0 spiro atoms. The number of hydrogen-bond donors (Lipinski definition) is 0. The predicted octanol–water partition coefficient (Wildman–Crippen LogP) is 14.1. The van der Waals surface area contributed by atoms with E-state index in [-0.39, 0.29) is 39.6 Å². The fraction of sp³-hybridized carbons (Fsp3) is 0. The van der Waals surface area contributed by atoms with Gasteiger partial charge in [0.2, 0.25) is 0 Å². The predicted molar refractivity (Wildman–Crippen MR) is 365 cm³/mol. The molecule has 41 heteroatoms. The Labute approximate surface area is 604 Å². The molecule has 0 aliphatic rings. The first kappa shape index (κ1) is 85.3. The van der Waals surface area contributed by atoms with Crippen molar-refractivity contribution in [2.45, 2.75) is 0 Å². The Morgan fingerprint density at radius 2 is 0.411 bits per heavy atom. The van der Waals surface area contributed by atoms with Crippen molar-refractivity contribution in [1.82, 2.24) is 74.4 Å². The number of benzene rings is 5. The molecule has 25 nitrogen and oxygen atoms in total. The van der Waals surface area contributed by atoms with Crippen LogP contribution in [-0.2, 0) is 34.1 Å². The van der Waals surface area contributed by atoms with Gasteiger partial charge in [0.15, 0.2) is 0 Å². The maximum Gasteiger partial charge on any atom is 2.00 e. The molecule has 464 valence electrons. The van der Waals surface area contributed by atoms with Gasteiger partial charge in [-0.25, -0.2) is 23.4 Å². The standard InChI is InChI=1S/5C9H6Cl2N4.4CNS.2Fe.H2O/c5*10-8-1-2-9(11)7(3-8)4-14-15-5-12-13-6-15;4*2-1-3;;;/h5*1-6H;;;;;;;1H2/q;;;;;4*-1;2*+2;/b5*14-4+;;;;;;;. The third-order valence-corrected chi connectivity index (χ3v) is 11.4. The molecule has 0 aliphatic heterocycles. The number of halogens is 10. The van der Waals surface area contributed by atoms with Gasteiger partial charge in [-0.05, 0) is 91.0 Å². The molecule has 0 atom stereocenters. The summed E-state index contributed by atoms with van der Waals surface area (Å²) in [5.41, 5.74) is 3.74. The molecule has 10 rings (SSSR count). The van der Waals surface area contributed by atoms with Gasteiger partial charge in [0.1, 0.15) is 63.3 Å². The first-order valence-electron chi connectivity index (χ1n) is 22.2. The Hall–Kier alpha value is -6.75. The van der Waals surface area contributed by atoms with Gasteiger partial charge in [-0.3, -0.25) is 0 Å². The molecule has 0 bridgehead atoms. The molecule has 5 aromatic carbocycles. The fourth-order valence-corrected chi connectivity index (χ4v) is 6.72. The Bertz CT molecular complexity index is 3340. The van der Waals surface area contributed by atoms with E-state index in [9.17, 15) is 0 Å². The smallest absolute Gasteiger partial charge is 0.753 e. The minimum Gasteiger partial charge on any atom is -0.753 e. The second kappa shape index (κ2) is 51.9. The van der Waals surface area contributed by atoms with Gasteiger partial charge in [0.25, 0.3) is 0 Å². The summed E-state index contributed by atoms with van der Waals surface area (Å²) in [5, 5.41) is 96.4. The number of hydrogen-bond acceptors (Lipinski definition) is 19. The second-order valence-electron chi connectivity index (χ2n) is 14.1.